The Balaban J connectivity index is 1.88. The van der Waals surface area contributed by atoms with Crippen LogP contribution in [0, 0.1) is 11.8 Å². The van der Waals surface area contributed by atoms with Crippen LogP contribution in [-0.2, 0) is 0 Å². The molecule has 90 valence electrons. The third-order valence-electron chi connectivity index (χ3n) is 3.53. The lowest BCUT2D eigenvalue weighted by Crippen LogP contribution is -2.29. The van der Waals surface area contributed by atoms with Crippen molar-refractivity contribution in [2.45, 2.75) is 52.5 Å². The Labute approximate surface area is 95.2 Å². The average Bonchev–Trinajstić information content (AvgIpc) is 2.57. The second-order valence-electron chi connectivity index (χ2n) is 5.33. The molecule has 1 aliphatic carbocycles. The van der Waals surface area contributed by atoms with E-state index in [1.54, 1.807) is 0 Å². The van der Waals surface area contributed by atoms with Crippen molar-refractivity contribution in [3.8, 4) is 0 Å². The Bertz CT molecular complexity index is 157. The predicted octanol–water partition coefficient (Wildman–Crippen LogP) is 2.40. The third-order valence-corrected chi connectivity index (χ3v) is 3.53. The summed E-state index contributed by atoms with van der Waals surface area (Å²) >= 11 is 0. The third kappa shape index (κ3) is 5.53. The van der Waals surface area contributed by atoms with Gasteiger partial charge in [-0.2, -0.15) is 0 Å². The predicted molar refractivity (Wildman–Crippen MR) is 67.1 cm³/mol. The summed E-state index contributed by atoms with van der Waals surface area (Å²) in [6.45, 7) is 10.4. The van der Waals surface area contributed by atoms with Gasteiger partial charge in [-0.3, -0.25) is 0 Å². The van der Waals surface area contributed by atoms with E-state index in [0.717, 1.165) is 18.4 Å². The molecule has 0 aromatic heterocycles. The van der Waals surface area contributed by atoms with Gasteiger partial charge in [-0.05, 0) is 44.3 Å². The van der Waals surface area contributed by atoms with E-state index in [1.165, 1.54) is 38.8 Å². The topological polar surface area (TPSA) is 24.1 Å². The van der Waals surface area contributed by atoms with Crippen LogP contribution in [0.3, 0.4) is 0 Å². The summed E-state index contributed by atoms with van der Waals surface area (Å²) in [6.07, 6.45) is 5.58. The van der Waals surface area contributed by atoms with E-state index in [2.05, 4.69) is 31.4 Å². The molecule has 0 spiro atoms. The Morgan fingerprint density at radius 2 is 2.00 bits per heavy atom. The van der Waals surface area contributed by atoms with E-state index in [1.807, 2.05) is 0 Å². The Hall–Kier alpha value is -0.0800. The molecule has 2 heteroatoms. The first-order valence-corrected chi connectivity index (χ1v) is 6.64. The van der Waals surface area contributed by atoms with Crippen molar-refractivity contribution in [2.75, 3.05) is 19.6 Å². The second-order valence-corrected chi connectivity index (χ2v) is 5.33. The normalized spacial score (nSPS) is 26.4. The smallest absolute Gasteiger partial charge is 0.00103 e. The molecular formula is C13H28N2. The summed E-state index contributed by atoms with van der Waals surface area (Å²) in [5.74, 6) is 1.90. The van der Waals surface area contributed by atoms with Crippen LogP contribution in [0.2, 0.25) is 0 Å². The summed E-state index contributed by atoms with van der Waals surface area (Å²) in [4.78, 5) is 0. The van der Waals surface area contributed by atoms with Crippen LogP contribution in [0.5, 0.6) is 0 Å². The monoisotopic (exact) mass is 212 g/mol. The van der Waals surface area contributed by atoms with E-state index in [4.69, 9.17) is 0 Å². The Morgan fingerprint density at radius 1 is 1.20 bits per heavy atom. The van der Waals surface area contributed by atoms with Gasteiger partial charge in [-0.15, -0.1) is 0 Å². The van der Waals surface area contributed by atoms with Gasteiger partial charge in [0.1, 0.15) is 0 Å². The van der Waals surface area contributed by atoms with Crippen molar-refractivity contribution in [2.24, 2.45) is 11.8 Å². The van der Waals surface area contributed by atoms with Crippen molar-refractivity contribution in [1.82, 2.24) is 10.6 Å². The van der Waals surface area contributed by atoms with Crippen LogP contribution in [-0.4, -0.2) is 25.7 Å². The standard InChI is InChI=1S/C13H28N2/c1-11(2)15-9-5-8-14-10-13-7-4-6-12(13)3/h11-15H,4-10H2,1-3H3. The van der Waals surface area contributed by atoms with Gasteiger partial charge in [-0.25, -0.2) is 0 Å². The molecule has 0 amide bonds. The summed E-state index contributed by atoms with van der Waals surface area (Å²) in [5, 5.41) is 7.03. The first-order valence-electron chi connectivity index (χ1n) is 6.64. The lowest BCUT2D eigenvalue weighted by Gasteiger charge is -2.16. The highest BCUT2D eigenvalue weighted by molar-refractivity contribution is 4.75. The minimum Gasteiger partial charge on any atom is -0.316 e. The van der Waals surface area contributed by atoms with Gasteiger partial charge in [-0.1, -0.05) is 33.6 Å². The minimum absolute atomic E-state index is 0.625. The lowest BCUT2D eigenvalue weighted by molar-refractivity contribution is 0.390. The molecule has 2 N–H and O–H groups in total. The fourth-order valence-corrected chi connectivity index (χ4v) is 2.42. The van der Waals surface area contributed by atoms with Crippen molar-refractivity contribution < 1.29 is 0 Å². The fraction of sp³-hybridized carbons (Fsp3) is 1.00. The van der Waals surface area contributed by atoms with Crippen molar-refractivity contribution in [1.29, 1.82) is 0 Å². The molecule has 15 heavy (non-hydrogen) atoms. The Morgan fingerprint density at radius 3 is 2.60 bits per heavy atom. The highest BCUT2D eigenvalue weighted by Crippen LogP contribution is 2.30. The van der Waals surface area contributed by atoms with Gasteiger partial charge in [0.15, 0.2) is 0 Å². The van der Waals surface area contributed by atoms with Crippen LogP contribution >= 0.6 is 0 Å². The van der Waals surface area contributed by atoms with E-state index >= 15 is 0 Å². The maximum atomic E-state index is 3.59. The van der Waals surface area contributed by atoms with Gasteiger partial charge < -0.3 is 10.6 Å². The van der Waals surface area contributed by atoms with Crippen LogP contribution < -0.4 is 10.6 Å². The second kappa shape index (κ2) is 7.24. The molecular weight excluding hydrogens is 184 g/mol. The number of hydrogen-bond acceptors (Lipinski definition) is 2. The van der Waals surface area contributed by atoms with E-state index < -0.39 is 0 Å². The molecule has 1 saturated carbocycles. The molecule has 2 atom stereocenters. The molecule has 0 bridgehead atoms. The maximum Gasteiger partial charge on any atom is 0.00103 e. The zero-order valence-electron chi connectivity index (χ0n) is 10.7. The van der Waals surface area contributed by atoms with Crippen LogP contribution in [0.25, 0.3) is 0 Å². The van der Waals surface area contributed by atoms with Gasteiger partial charge in [0, 0.05) is 6.04 Å². The molecule has 0 aromatic rings. The molecule has 0 heterocycles. The molecule has 1 fully saturated rings. The van der Waals surface area contributed by atoms with Crippen LogP contribution in [0.4, 0.5) is 0 Å². The summed E-state index contributed by atoms with van der Waals surface area (Å²) in [7, 11) is 0. The number of nitrogens with one attached hydrogen (secondary N) is 2. The molecule has 0 aliphatic heterocycles. The lowest BCUT2D eigenvalue weighted by atomic mass is 9.98. The SMILES string of the molecule is CC(C)NCCCNCC1CCCC1C. The number of rotatable bonds is 7. The van der Waals surface area contributed by atoms with E-state index in [-0.39, 0.29) is 0 Å². The van der Waals surface area contributed by atoms with E-state index in [9.17, 15) is 0 Å². The van der Waals surface area contributed by atoms with Crippen molar-refractivity contribution in [3.63, 3.8) is 0 Å². The largest absolute Gasteiger partial charge is 0.316 e. The average molecular weight is 212 g/mol. The number of hydrogen-bond donors (Lipinski definition) is 2. The zero-order chi connectivity index (χ0) is 11.1. The molecule has 0 radical (unpaired) electrons. The summed E-state index contributed by atoms with van der Waals surface area (Å²) < 4.78 is 0. The van der Waals surface area contributed by atoms with Gasteiger partial charge >= 0.3 is 0 Å². The first-order chi connectivity index (χ1) is 7.20. The molecule has 2 nitrogen and oxygen atoms in total. The van der Waals surface area contributed by atoms with Gasteiger partial charge in [0.05, 0.1) is 0 Å². The molecule has 1 aliphatic rings. The van der Waals surface area contributed by atoms with Gasteiger partial charge in [0.25, 0.3) is 0 Å². The molecule has 0 saturated heterocycles. The molecule has 1 rings (SSSR count). The first kappa shape index (κ1) is 13.0. The van der Waals surface area contributed by atoms with Crippen molar-refractivity contribution in [3.05, 3.63) is 0 Å². The highest BCUT2D eigenvalue weighted by Gasteiger charge is 2.22. The summed E-state index contributed by atoms with van der Waals surface area (Å²) in [6, 6.07) is 0.625. The van der Waals surface area contributed by atoms with Gasteiger partial charge in [0.2, 0.25) is 0 Å². The molecule has 0 aromatic carbocycles. The minimum atomic E-state index is 0.625. The van der Waals surface area contributed by atoms with E-state index in [0.29, 0.717) is 6.04 Å². The Kier molecular flexibility index (Phi) is 6.26. The highest BCUT2D eigenvalue weighted by atomic mass is 14.9. The molecule has 2 unspecified atom stereocenters. The van der Waals surface area contributed by atoms with Crippen LogP contribution in [0.1, 0.15) is 46.5 Å². The fourth-order valence-electron chi connectivity index (χ4n) is 2.42. The quantitative estimate of drug-likeness (QED) is 0.633. The zero-order valence-corrected chi connectivity index (χ0v) is 10.7. The van der Waals surface area contributed by atoms with Crippen molar-refractivity contribution >= 4 is 0 Å². The van der Waals surface area contributed by atoms with Crippen LogP contribution in [0.15, 0.2) is 0 Å². The maximum absolute atomic E-state index is 3.59. The summed E-state index contributed by atoms with van der Waals surface area (Å²) in [5.41, 5.74) is 0.